The van der Waals surface area contributed by atoms with E-state index < -0.39 is 0 Å². The Balaban J connectivity index is 2.05. The highest BCUT2D eigenvalue weighted by atomic mass is 16.1. The Kier molecular flexibility index (Phi) is 8.71. The van der Waals surface area contributed by atoms with Crippen molar-refractivity contribution in [2.75, 3.05) is 0 Å². The molecule has 27 heavy (non-hydrogen) atoms. The van der Waals surface area contributed by atoms with E-state index in [9.17, 15) is 9.59 Å². The van der Waals surface area contributed by atoms with E-state index in [0.717, 1.165) is 44.1 Å². The fourth-order valence-corrected chi connectivity index (χ4v) is 3.59. The predicted molar refractivity (Wildman–Crippen MR) is 113 cm³/mol. The minimum Gasteiger partial charge on any atom is -0.299 e. The molecule has 0 amide bonds. The Morgan fingerprint density at radius 1 is 1.26 bits per heavy atom. The Morgan fingerprint density at radius 2 is 2.04 bits per heavy atom. The van der Waals surface area contributed by atoms with Crippen LogP contribution < -0.4 is 0 Å². The summed E-state index contributed by atoms with van der Waals surface area (Å²) in [6.07, 6.45) is 21.0. The molecular formula is C25H33O2. The third-order valence-corrected chi connectivity index (χ3v) is 5.43. The molecule has 2 aliphatic carbocycles. The molecule has 1 radical (unpaired) electrons. The van der Waals surface area contributed by atoms with Gasteiger partial charge < -0.3 is 0 Å². The maximum atomic E-state index is 13.1. The number of allylic oxidation sites excluding steroid dienone is 9. The van der Waals surface area contributed by atoms with Crippen LogP contribution >= 0.6 is 0 Å². The van der Waals surface area contributed by atoms with Gasteiger partial charge in [0.05, 0.1) is 0 Å². The van der Waals surface area contributed by atoms with Gasteiger partial charge in [-0.15, -0.1) is 6.58 Å². The smallest absolute Gasteiger partial charge is 0.162 e. The third kappa shape index (κ3) is 6.61. The highest BCUT2D eigenvalue weighted by Crippen LogP contribution is 2.41. The van der Waals surface area contributed by atoms with Gasteiger partial charge in [0, 0.05) is 25.2 Å². The number of ketones is 2. The van der Waals surface area contributed by atoms with Crippen LogP contribution in [-0.2, 0) is 9.59 Å². The van der Waals surface area contributed by atoms with E-state index >= 15 is 0 Å². The van der Waals surface area contributed by atoms with Crippen molar-refractivity contribution in [3.8, 4) is 0 Å². The van der Waals surface area contributed by atoms with E-state index in [4.69, 9.17) is 0 Å². The van der Waals surface area contributed by atoms with E-state index in [1.165, 1.54) is 11.1 Å². The molecule has 0 spiro atoms. The first-order valence-electron chi connectivity index (χ1n) is 10.4. The molecule has 2 rings (SSSR count). The first kappa shape index (κ1) is 21.3. The molecule has 0 aromatic carbocycles. The van der Waals surface area contributed by atoms with Gasteiger partial charge in [-0.2, -0.15) is 0 Å². The van der Waals surface area contributed by atoms with E-state index in [1.807, 2.05) is 19.1 Å². The molecule has 2 nitrogen and oxygen atoms in total. The average Bonchev–Trinajstić information content (AvgIpc) is 3.51. The lowest BCUT2D eigenvalue weighted by Crippen LogP contribution is -2.24. The Hall–Kier alpha value is -1.96. The zero-order chi connectivity index (χ0) is 19.6. The first-order chi connectivity index (χ1) is 13.1. The SMILES string of the molecule is C=CC(CC=CCC(=O)CC)CC1=C(C2=C[CH]2)CCC(C/C=C\CC)C1=O. The van der Waals surface area contributed by atoms with Gasteiger partial charge >= 0.3 is 0 Å². The van der Waals surface area contributed by atoms with Gasteiger partial charge in [-0.3, -0.25) is 9.59 Å². The summed E-state index contributed by atoms with van der Waals surface area (Å²) in [4.78, 5) is 24.6. The van der Waals surface area contributed by atoms with Crippen molar-refractivity contribution >= 4 is 11.6 Å². The van der Waals surface area contributed by atoms with Crippen molar-refractivity contribution in [3.05, 3.63) is 66.2 Å². The number of carbonyl (C=O) groups is 2. The summed E-state index contributed by atoms with van der Waals surface area (Å²) < 4.78 is 0. The lowest BCUT2D eigenvalue weighted by Gasteiger charge is -2.26. The van der Waals surface area contributed by atoms with E-state index in [0.29, 0.717) is 18.6 Å². The standard InChI is InChI=1S/C25H33O2/c1-4-7-8-12-21-16-17-23(20-14-15-20)24(25(21)27)18-19(5-2)11-9-10-13-22(26)6-3/h5,7-10,14-15,19,21H,2,4,6,11-13,16-18H2,1,3H3/b8-7-,10-9?. The van der Waals surface area contributed by atoms with E-state index in [-0.39, 0.29) is 17.6 Å². The quantitative estimate of drug-likeness (QED) is 0.382. The molecule has 2 unspecified atom stereocenters. The van der Waals surface area contributed by atoms with Gasteiger partial charge in [0.15, 0.2) is 5.78 Å². The van der Waals surface area contributed by atoms with Crippen molar-refractivity contribution < 1.29 is 9.59 Å². The van der Waals surface area contributed by atoms with Crippen LogP contribution in [0.3, 0.4) is 0 Å². The molecule has 0 bridgehead atoms. The van der Waals surface area contributed by atoms with Gasteiger partial charge in [0.1, 0.15) is 5.78 Å². The third-order valence-electron chi connectivity index (χ3n) is 5.43. The summed E-state index contributed by atoms with van der Waals surface area (Å²) >= 11 is 0. The monoisotopic (exact) mass is 365 g/mol. The lowest BCUT2D eigenvalue weighted by molar-refractivity contribution is -0.120. The maximum Gasteiger partial charge on any atom is 0.162 e. The molecule has 0 N–H and O–H groups in total. The molecule has 0 saturated heterocycles. The maximum absolute atomic E-state index is 13.1. The summed E-state index contributed by atoms with van der Waals surface area (Å²) in [5.74, 6) is 0.938. The molecule has 2 atom stereocenters. The number of hydrogen-bond acceptors (Lipinski definition) is 2. The summed E-state index contributed by atoms with van der Waals surface area (Å²) in [5, 5.41) is 0. The Morgan fingerprint density at radius 3 is 2.67 bits per heavy atom. The van der Waals surface area contributed by atoms with Gasteiger partial charge in [-0.25, -0.2) is 0 Å². The zero-order valence-electron chi connectivity index (χ0n) is 16.9. The van der Waals surface area contributed by atoms with Crippen LogP contribution in [0.1, 0.15) is 65.2 Å². The molecule has 0 aromatic rings. The van der Waals surface area contributed by atoms with Crippen LogP contribution in [0.2, 0.25) is 0 Å². The number of rotatable bonds is 12. The van der Waals surface area contributed by atoms with Gasteiger partial charge in [-0.1, -0.05) is 50.3 Å². The van der Waals surface area contributed by atoms with Crippen molar-refractivity contribution in [2.24, 2.45) is 11.8 Å². The number of Topliss-reactive ketones (excluding diaryl/α,β-unsaturated/α-hetero) is 2. The summed E-state index contributed by atoms with van der Waals surface area (Å²) in [5.41, 5.74) is 3.53. The summed E-state index contributed by atoms with van der Waals surface area (Å²) in [6, 6.07) is 0. The zero-order valence-corrected chi connectivity index (χ0v) is 16.9. The summed E-state index contributed by atoms with van der Waals surface area (Å²) in [7, 11) is 0. The number of carbonyl (C=O) groups excluding carboxylic acids is 2. The normalized spacial score (nSPS) is 21.0. The van der Waals surface area contributed by atoms with E-state index in [2.05, 4.69) is 44.2 Å². The average molecular weight is 366 g/mol. The predicted octanol–water partition coefficient (Wildman–Crippen LogP) is 6.27. The minimum absolute atomic E-state index is 0.120. The lowest BCUT2D eigenvalue weighted by atomic mass is 9.76. The molecule has 145 valence electrons. The topological polar surface area (TPSA) is 34.1 Å². The molecule has 0 heterocycles. The molecule has 0 fully saturated rings. The van der Waals surface area contributed by atoms with Crippen molar-refractivity contribution in [2.45, 2.75) is 65.2 Å². The molecule has 0 aromatic heterocycles. The largest absolute Gasteiger partial charge is 0.299 e. The van der Waals surface area contributed by atoms with Gasteiger partial charge in [0.2, 0.25) is 0 Å². The fourth-order valence-electron chi connectivity index (χ4n) is 3.59. The molecule has 2 aliphatic rings. The highest BCUT2D eigenvalue weighted by molar-refractivity contribution is 6.00. The van der Waals surface area contributed by atoms with Crippen LogP contribution in [0.4, 0.5) is 0 Å². The van der Waals surface area contributed by atoms with Crippen LogP contribution in [0, 0.1) is 18.3 Å². The molecule has 2 heteroatoms. The first-order valence-corrected chi connectivity index (χ1v) is 10.4. The minimum atomic E-state index is 0.120. The molecule has 0 aliphatic heterocycles. The van der Waals surface area contributed by atoms with Crippen LogP contribution in [0.5, 0.6) is 0 Å². The van der Waals surface area contributed by atoms with E-state index in [1.54, 1.807) is 0 Å². The Bertz CT molecular complexity index is 672. The molecule has 0 saturated carbocycles. The van der Waals surface area contributed by atoms with Crippen molar-refractivity contribution in [1.82, 2.24) is 0 Å². The highest BCUT2D eigenvalue weighted by Gasteiger charge is 2.32. The second kappa shape index (κ2) is 11.0. The second-order valence-electron chi connectivity index (χ2n) is 7.46. The van der Waals surface area contributed by atoms with Gasteiger partial charge in [-0.05, 0) is 61.2 Å². The van der Waals surface area contributed by atoms with Crippen LogP contribution in [0.25, 0.3) is 0 Å². The fraction of sp³-hybridized carbons (Fsp3) is 0.480. The van der Waals surface area contributed by atoms with Gasteiger partial charge in [0.25, 0.3) is 0 Å². The number of hydrogen-bond donors (Lipinski definition) is 0. The van der Waals surface area contributed by atoms with Crippen molar-refractivity contribution in [1.29, 1.82) is 0 Å². The second-order valence-corrected chi connectivity index (χ2v) is 7.46. The van der Waals surface area contributed by atoms with Crippen LogP contribution in [-0.4, -0.2) is 11.6 Å². The Labute approximate surface area is 164 Å². The van der Waals surface area contributed by atoms with Crippen LogP contribution in [0.15, 0.2) is 59.8 Å². The van der Waals surface area contributed by atoms with Crippen molar-refractivity contribution in [3.63, 3.8) is 0 Å². The molecular weight excluding hydrogens is 332 g/mol. The summed E-state index contributed by atoms with van der Waals surface area (Å²) in [6.45, 7) is 7.99.